The number of H-pyrrole nitrogens is 1. The Bertz CT molecular complexity index is 541. The normalized spacial score (nSPS) is 9.44. The number of rotatable bonds is 1. The SMILES string of the molecule is CC.COC(=O)c1ccc2oc(=S)[nH]c2c1. The van der Waals surface area contributed by atoms with Crippen LogP contribution in [0.2, 0.25) is 0 Å². The summed E-state index contributed by atoms with van der Waals surface area (Å²) in [5, 5.41) is 0. The van der Waals surface area contributed by atoms with Gasteiger partial charge in [-0.1, -0.05) is 13.8 Å². The van der Waals surface area contributed by atoms with E-state index in [2.05, 4.69) is 9.72 Å². The molecule has 0 aliphatic rings. The number of carbonyl (C=O) groups excluding carboxylic acids is 1. The van der Waals surface area contributed by atoms with Gasteiger partial charge in [0, 0.05) is 0 Å². The zero-order chi connectivity index (χ0) is 12.1. The Hall–Kier alpha value is -1.62. The minimum absolute atomic E-state index is 0.294. The molecule has 16 heavy (non-hydrogen) atoms. The van der Waals surface area contributed by atoms with E-state index in [9.17, 15) is 4.79 Å². The number of carbonyl (C=O) groups is 1. The molecular formula is C11H13NO3S. The second-order valence-corrected chi connectivity index (χ2v) is 3.09. The molecule has 4 nitrogen and oxygen atoms in total. The van der Waals surface area contributed by atoms with Gasteiger partial charge in [-0.3, -0.25) is 0 Å². The first-order valence-electron chi connectivity index (χ1n) is 4.92. The molecule has 0 aliphatic carbocycles. The summed E-state index contributed by atoms with van der Waals surface area (Å²) in [4.78, 5) is 14.3. The smallest absolute Gasteiger partial charge is 0.337 e. The lowest BCUT2D eigenvalue weighted by atomic mass is 10.2. The largest absolute Gasteiger partial charge is 0.465 e. The zero-order valence-electron chi connectivity index (χ0n) is 9.37. The summed E-state index contributed by atoms with van der Waals surface area (Å²) in [6, 6.07) is 4.94. The number of nitrogens with one attached hydrogen (secondary N) is 1. The topological polar surface area (TPSA) is 55.2 Å². The van der Waals surface area contributed by atoms with Crippen LogP contribution in [-0.2, 0) is 4.74 Å². The van der Waals surface area contributed by atoms with Gasteiger partial charge in [0.1, 0.15) is 0 Å². The van der Waals surface area contributed by atoms with Crippen LogP contribution in [0, 0.1) is 4.84 Å². The van der Waals surface area contributed by atoms with Gasteiger partial charge in [-0.05, 0) is 30.4 Å². The van der Waals surface area contributed by atoms with E-state index in [4.69, 9.17) is 16.6 Å². The number of aromatic amines is 1. The minimum Gasteiger partial charge on any atom is -0.465 e. The van der Waals surface area contributed by atoms with Crippen molar-refractivity contribution in [2.24, 2.45) is 0 Å². The summed E-state index contributed by atoms with van der Waals surface area (Å²) in [5.74, 6) is -0.382. The summed E-state index contributed by atoms with van der Waals surface area (Å²) in [6.45, 7) is 4.00. The Morgan fingerprint density at radius 1 is 1.44 bits per heavy atom. The molecule has 0 bridgehead atoms. The summed E-state index contributed by atoms with van der Waals surface area (Å²) in [6.07, 6.45) is 0. The van der Waals surface area contributed by atoms with E-state index in [0.717, 1.165) is 0 Å². The predicted molar refractivity (Wildman–Crippen MR) is 64.1 cm³/mol. The highest BCUT2D eigenvalue weighted by atomic mass is 32.1. The Morgan fingerprint density at radius 2 is 2.12 bits per heavy atom. The fourth-order valence-corrected chi connectivity index (χ4v) is 1.40. The van der Waals surface area contributed by atoms with Crippen LogP contribution >= 0.6 is 12.2 Å². The van der Waals surface area contributed by atoms with Crippen molar-refractivity contribution in [3.63, 3.8) is 0 Å². The molecule has 0 fully saturated rings. The van der Waals surface area contributed by atoms with Crippen LogP contribution in [0.3, 0.4) is 0 Å². The van der Waals surface area contributed by atoms with Crippen molar-refractivity contribution < 1.29 is 13.9 Å². The van der Waals surface area contributed by atoms with Crippen molar-refractivity contribution in [1.29, 1.82) is 0 Å². The summed E-state index contributed by atoms with van der Waals surface area (Å²) in [7, 11) is 1.34. The number of fused-ring (bicyclic) bond motifs is 1. The lowest BCUT2D eigenvalue weighted by Gasteiger charge is -1.97. The second-order valence-electron chi connectivity index (χ2n) is 2.72. The second kappa shape index (κ2) is 5.46. The number of methoxy groups -OCH3 is 1. The Morgan fingerprint density at radius 3 is 2.75 bits per heavy atom. The van der Waals surface area contributed by atoms with Crippen LogP contribution in [-0.4, -0.2) is 18.1 Å². The van der Waals surface area contributed by atoms with Crippen molar-refractivity contribution in [3.8, 4) is 0 Å². The van der Waals surface area contributed by atoms with Crippen molar-refractivity contribution >= 4 is 29.3 Å². The monoisotopic (exact) mass is 239 g/mol. The highest BCUT2D eigenvalue weighted by Gasteiger charge is 2.07. The molecule has 86 valence electrons. The van der Waals surface area contributed by atoms with Gasteiger partial charge in [-0.25, -0.2) is 4.79 Å². The van der Waals surface area contributed by atoms with Crippen LogP contribution in [0.25, 0.3) is 11.1 Å². The number of aromatic nitrogens is 1. The Kier molecular flexibility index (Phi) is 4.25. The van der Waals surface area contributed by atoms with Crippen molar-refractivity contribution in [2.75, 3.05) is 7.11 Å². The fraction of sp³-hybridized carbons (Fsp3) is 0.273. The van der Waals surface area contributed by atoms with Crippen LogP contribution in [0.15, 0.2) is 22.6 Å². The standard InChI is InChI=1S/C9H7NO3S.C2H6/c1-12-8(11)5-2-3-7-6(4-5)10-9(14)13-7;1-2/h2-4H,1H3,(H,10,14);1-2H3. The number of hydrogen-bond donors (Lipinski definition) is 1. The number of oxazole rings is 1. The Balaban J connectivity index is 0.000000606. The van der Waals surface area contributed by atoms with E-state index >= 15 is 0 Å². The maximum Gasteiger partial charge on any atom is 0.337 e. The van der Waals surface area contributed by atoms with Gasteiger partial charge >= 0.3 is 5.97 Å². The summed E-state index contributed by atoms with van der Waals surface area (Å²) in [5.41, 5.74) is 1.78. The molecule has 0 saturated carbocycles. The third-order valence-corrected chi connectivity index (χ3v) is 2.03. The van der Waals surface area contributed by atoms with Crippen molar-refractivity contribution in [3.05, 3.63) is 28.6 Å². The summed E-state index contributed by atoms with van der Waals surface area (Å²) < 4.78 is 9.73. The maximum atomic E-state index is 11.2. The third kappa shape index (κ3) is 2.49. The fourth-order valence-electron chi connectivity index (χ4n) is 1.20. The first kappa shape index (κ1) is 12.4. The van der Waals surface area contributed by atoms with Gasteiger partial charge in [-0.2, -0.15) is 0 Å². The van der Waals surface area contributed by atoms with Gasteiger partial charge in [0.15, 0.2) is 5.58 Å². The predicted octanol–water partition coefficient (Wildman–Crippen LogP) is 3.30. The Labute approximate surface area is 98.2 Å². The van der Waals surface area contributed by atoms with Gasteiger partial charge in [-0.15, -0.1) is 0 Å². The maximum absolute atomic E-state index is 11.2. The molecule has 1 aromatic heterocycles. The van der Waals surface area contributed by atoms with Crippen LogP contribution in [0.4, 0.5) is 0 Å². The van der Waals surface area contributed by atoms with Gasteiger partial charge < -0.3 is 14.1 Å². The lowest BCUT2D eigenvalue weighted by molar-refractivity contribution is 0.0601. The summed E-state index contributed by atoms with van der Waals surface area (Å²) >= 11 is 4.81. The average Bonchev–Trinajstić information content (AvgIpc) is 2.69. The quantitative estimate of drug-likeness (QED) is 0.612. The van der Waals surface area contributed by atoms with E-state index in [1.807, 2.05) is 13.8 Å². The van der Waals surface area contributed by atoms with E-state index in [0.29, 0.717) is 21.5 Å². The third-order valence-electron chi connectivity index (χ3n) is 1.84. The number of ether oxygens (including phenoxy) is 1. The molecule has 5 heteroatoms. The number of esters is 1. The highest BCUT2D eigenvalue weighted by Crippen LogP contribution is 2.15. The van der Waals surface area contributed by atoms with Crippen LogP contribution < -0.4 is 0 Å². The molecule has 1 aromatic carbocycles. The molecule has 1 N–H and O–H groups in total. The van der Waals surface area contributed by atoms with Gasteiger partial charge in [0.2, 0.25) is 0 Å². The molecule has 0 aliphatic heterocycles. The first-order chi connectivity index (χ1) is 7.70. The lowest BCUT2D eigenvalue weighted by Crippen LogP contribution is -2.00. The molecule has 0 spiro atoms. The average molecular weight is 239 g/mol. The van der Waals surface area contributed by atoms with E-state index in [1.54, 1.807) is 18.2 Å². The van der Waals surface area contributed by atoms with Crippen LogP contribution in [0.5, 0.6) is 0 Å². The van der Waals surface area contributed by atoms with Crippen molar-refractivity contribution in [1.82, 2.24) is 4.98 Å². The van der Waals surface area contributed by atoms with Crippen molar-refractivity contribution in [2.45, 2.75) is 13.8 Å². The van der Waals surface area contributed by atoms with E-state index in [1.165, 1.54) is 7.11 Å². The molecule has 2 aromatic rings. The number of benzene rings is 1. The van der Waals surface area contributed by atoms with E-state index < -0.39 is 0 Å². The van der Waals surface area contributed by atoms with Gasteiger partial charge in [0.25, 0.3) is 4.84 Å². The molecule has 0 saturated heterocycles. The molecule has 1 heterocycles. The molecule has 0 radical (unpaired) electrons. The minimum atomic E-state index is -0.382. The van der Waals surface area contributed by atoms with E-state index in [-0.39, 0.29) is 5.97 Å². The molecule has 0 amide bonds. The molecular weight excluding hydrogens is 226 g/mol. The zero-order valence-corrected chi connectivity index (χ0v) is 10.2. The molecule has 0 atom stereocenters. The highest BCUT2D eigenvalue weighted by molar-refractivity contribution is 7.71. The van der Waals surface area contributed by atoms with Crippen LogP contribution in [0.1, 0.15) is 24.2 Å². The molecule has 0 unspecified atom stereocenters. The molecule has 2 rings (SSSR count). The number of hydrogen-bond acceptors (Lipinski definition) is 4. The first-order valence-corrected chi connectivity index (χ1v) is 5.33. The van der Waals surface area contributed by atoms with Gasteiger partial charge in [0.05, 0.1) is 18.2 Å².